The summed E-state index contributed by atoms with van der Waals surface area (Å²) >= 11 is 0. The molecule has 10 rings (SSSR count). The van der Waals surface area contributed by atoms with Crippen LogP contribution in [0.3, 0.4) is 0 Å². The van der Waals surface area contributed by atoms with E-state index in [0.29, 0.717) is 78.2 Å². The second-order valence-electron chi connectivity index (χ2n) is 15.1. The average molecular weight is 752 g/mol. The van der Waals surface area contributed by atoms with E-state index >= 15 is 17.6 Å². The van der Waals surface area contributed by atoms with Gasteiger partial charge in [0.15, 0.2) is 11.6 Å². The minimum Gasteiger partial charge on any atom is -0.363 e. The minimum absolute atomic E-state index is 0.0655. The summed E-state index contributed by atoms with van der Waals surface area (Å²) in [6.45, 7) is 3.49. The van der Waals surface area contributed by atoms with Crippen molar-refractivity contribution in [2.75, 3.05) is 54.0 Å². The van der Waals surface area contributed by atoms with E-state index in [9.17, 15) is 0 Å². The molecular formula is C40H41F4N11. The van der Waals surface area contributed by atoms with Crippen LogP contribution in [0.15, 0.2) is 54.9 Å². The number of benzene rings is 3. The first-order valence-electron chi connectivity index (χ1n) is 19.3. The van der Waals surface area contributed by atoms with Crippen LogP contribution in [0.2, 0.25) is 0 Å². The molecule has 7 heterocycles. The number of anilines is 3. The lowest BCUT2D eigenvalue weighted by atomic mass is 10.0. The van der Waals surface area contributed by atoms with Gasteiger partial charge in [0.05, 0.1) is 46.2 Å². The van der Waals surface area contributed by atoms with E-state index in [-0.39, 0.29) is 23.5 Å². The van der Waals surface area contributed by atoms with E-state index in [1.165, 1.54) is 24.3 Å². The number of nitrogens with one attached hydrogen (secondary N) is 4. The van der Waals surface area contributed by atoms with Gasteiger partial charge < -0.3 is 35.3 Å². The number of aromatic amines is 2. The summed E-state index contributed by atoms with van der Waals surface area (Å²) < 4.78 is 65.3. The predicted octanol–water partition coefficient (Wildman–Crippen LogP) is 7.04. The molecule has 55 heavy (non-hydrogen) atoms. The quantitative estimate of drug-likeness (QED) is 0.128. The highest BCUT2D eigenvalue weighted by atomic mass is 19.1. The van der Waals surface area contributed by atoms with E-state index in [1.54, 1.807) is 40.4 Å². The summed E-state index contributed by atoms with van der Waals surface area (Å²) in [7, 11) is 0. The average Bonchev–Trinajstić information content (AvgIpc) is 4.04. The standard InChI is InChI=1S/C40H41F4N11/c41-25-20-33-31(49-38(51-33)29-4-1-8-45-29)18-23(25)35-6-7-36(24-19-32-34(21-26(24)42)52-39(50-32)30-5-2-9-46-30)55(35)22-16-27(43)37(28(44)17-22)53-12-14-54(15-13-53)40-47-10-3-11-48-40/h3,10-11,16-21,29-30,35-36,45-46H,1-2,4-9,12-15H2,(H,49,51)(H,50,52)/t29-,30-,35-,36+/m0/s1. The molecule has 3 aromatic heterocycles. The number of H-pyrrole nitrogens is 2. The summed E-state index contributed by atoms with van der Waals surface area (Å²) in [5.41, 5.74) is 3.16. The Labute approximate surface area is 314 Å². The first-order valence-corrected chi connectivity index (χ1v) is 19.3. The van der Waals surface area contributed by atoms with Crippen molar-refractivity contribution in [1.82, 2.24) is 40.5 Å². The van der Waals surface area contributed by atoms with Crippen LogP contribution in [-0.2, 0) is 0 Å². The lowest BCUT2D eigenvalue weighted by Gasteiger charge is -2.37. The number of halogens is 4. The highest BCUT2D eigenvalue weighted by Gasteiger charge is 2.40. The molecule has 0 spiro atoms. The molecule has 4 aliphatic rings. The fourth-order valence-electron chi connectivity index (χ4n) is 9.18. The number of rotatable bonds is 7. The normalized spacial score (nSPS) is 23.2. The number of nitrogens with zero attached hydrogens (tertiary/aromatic N) is 7. The Morgan fingerprint density at radius 2 is 1.09 bits per heavy atom. The zero-order chi connectivity index (χ0) is 37.2. The first kappa shape index (κ1) is 34.2. The second-order valence-corrected chi connectivity index (χ2v) is 15.1. The lowest BCUT2D eigenvalue weighted by molar-refractivity contribution is 0.545. The topological polar surface area (TPSA) is 117 Å². The van der Waals surface area contributed by atoms with Crippen LogP contribution in [0.25, 0.3) is 22.1 Å². The third kappa shape index (κ3) is 6.13. The van der Waals surface area contributed by atoms with Gasteiger partial charge in [0.1, 0.15) is 29.0 Å². The van der Waals surface area contributed by atoms with Gasteiger partial charge in [-0.15, -0.1) is 0 Å². The van der Waals surface area contributed by atoms with E-state index in [0.717, 1.165) is 50.4 Å². The molecule has 0 saturated carbocycles. The first-order chi connectivity index (χ1) is 26.9. The Hall–Kier alpha value is -5.28. The van der Waals surface area contributed by atoms with E-state index < -0.39 is 35.4 Å². The van der Waals surface area contributed by atoms with Crippen molar-refractivity contribution in [1.29, 1.82) is 0 Å². The summed E-state index contributed by atoms with van der Waals surface area (Å²) in [5, 5.41) is 6.86. The summed E-state index contributed by atoms with van der Waals surface area (Å²) in [5.74, 6) is -0.342. The zero-order valence-electron chi connectivity index (χ0n) is 30.1. The number of fused-ring (bicyclic) bond motifs is 2. The Balaban J connectivity index is 1.03. The van der Waals surface area contributed by atoms with Crippen molar-refractivity contribution in [2.24, 2.45) is 0 Å². The van der Waals surface area contributed by atoms with Gasteiger partial charge in [-0.1, -0.05) is 0 Å². The Morgan fingerprint density at radius 1 is 0.582 bits per heavy atom. The van der Waals surface area contributed by atoms with Crippen molar-refractivity contribution < 1.29 is 17.6 Å². The van der Waals surface area contributed by atoms with Crippen molar-refractivity contribution in [3.8, 4) is 0 Å². The maximum absolute atomic E-state index is 16.4. The van der Waals surface area contributed by atoms with E-state index in [4.69, 9.17) is 0 Å². The molecule has 4 aliphatic heterocycles. The molecule has 15 heteroatoms. The van der Waals surface area contributed by atoms with Gasteiger partial charge in [0.25, 0.3) is 0 Å². The van der Waals surface area contributed by atoms with Crippen molar-refractivity contribution in [3.05, 3.63) is 101 Å². The van der Waals surface area contributed by atoms with Gasteiger partial charge in [-0.05, 0) is 81.9 Å². The molecule has 4 fully saturated rings. The number of imidazole rings is 2. The SMILES string of the molecule is Fc1cc2nc([C@@H]3CCCN3)[nH]c2cc1[C@H]1CC[C@@H](c2cc3[nH]c([C@@H]4CCCN4)nc3cc2F)N1c1cc(F)c(N2CCN(c3ncccn3)CC2)c(F)c1. The minimum atomic E-state index is -0.736. The van der Waals surface area contributed by atoms with Gasteiger partial charge in [0.2, 0.25) is 5.95 Å². The van der Waals surface area contributed by atoms with Crippen molar-refractivity contribution >= 4 is 39.4 Å². The summed E-state index contributed by atoms with van der Waals surface area (Å²) in [4.78, 5) is 30.2. The highest BCUT2D eigenvalue weighted by molar-refractivity contribution is 5.78. The molecule has 6 aromatic rings. The van der Waals surface area contributed by atoms with Crippen LogP contribution in [-0.4, -0.2) is 69.2 Å². The smallest absolute Gasteiger partial charge is 0.225 e. The van der Waals surface area contributed by atoms with Gasteiger partial charge in [0, 0.05) is 67.5 Å². The molecule has 3 aromatic carbocycles. The molecule has 0 bridgehead atoms. The molecule has 0 radical (unpaired) electrons. The second kappa shape index (κ2) is 13.8. The van der Waals surface area contributed by atoms with Crippen LogP contribution >= 0.6 is 0 Å². The van der Waals surface area contributed by atoms with Crippen LogP contribution < -0.4 is 25.3 Å². The third-order valence-corrected chi connectivity index (χ3v) is 11.9. The maximum Gasteiger partial charge on any atom is 0.225 e. The molecule has 4 N–H and O–H groups in total. The van der Waals surface area contributed by atoms with Gasteiger partial charge in [-0.3, -0.25) is 0 Å². The van der Waals surface area contributed by atoms with Crippen LogP contribution in [0, 0.1) is 23.3 Å². The van der Waals surface area contributed by atoms with Crippen LogP contribution in [0.4, 0.5) is 34.9 Å². The van der Waals surface area contributed by atoms with E-state index in [1.807, 2.05) is 4.90 Å². The fraction of sp³-hybridized carbons (Fsp3) is 0.400. The van der Waals surface area contributed by atoms with Gasteiger partial charge >= 0.3 is 0 Å². The van der Waals surface area contributed by atoms with Crippen LogP contribution in [0.1, 0.15) is 85.5 Å². The van der Waals surface area contributed by atoms with Crippen LogP contribution in [0.5, 0.6) is 0 Å². The number of hydrogen-bond acceptors (Lipinski definition) is 9. The molecular weight excluding hydrogens is 711 g/mol. The number of aromatic nitrogens is 6. The molecule has 0 amide bonds. The Kier molecular flexibility index (Phi) is 8.58. The number of piperazine rings is 1. The summed E-state index contributed by atoms with van der Waals surface area (Å²) in [6.07, 6.45) is 8.11. The maximum atomic E-state index is 16.4. The highest BCUT2D eigenvalue weighted by Crippen LogP contribution is 2.50. The lowest BCUT2D eigenvalue weighted by Crippen LogP contribution is -2.47. The fourth-order valence-corrected chi connectivity index (χ4v) is 9.18. The Bertz CT molecular complexity index is 2230. The number of hydrogen-bond donors (Lipinski definition) is 4. The van der Waals surface area contributed by atoms with Crippen molar-refractivity contribution in [3.63, 3.8) is 0 Å². The molecule has 11 nitrogen and oxygen atoms in total. The predicted molar refractivity (Wildman–Crippen MR) is 202 cm³/mol. The molecule has 4 atom stereocenters. The largest absolute Gasteiger partial charge is 0.363 e. The summed E-state index contributed by atoms with van der Waals surface area (Å²) in [6, 6.07) is 9.53. The monoisotopic (exact) mass is 751 g/mol. The molecule has 284 valence electrons. The van der Waals surface area contributed by atoms with Crippen molar-refractivity contribution in [2.45, 2.75) is 62.7 Å². The van der Waals surface area contributed by atoms with Gasteiger partial charge in [-0.25, -0.2) is 37.5 Å². The third-order valence-electron chi connectivity index (χ3n) is 11.9. The van der Waals surface area contributed by atoms with E-state index in [2.05, 4.69) is 40.5 Å². The zero-order valence-corrected chi connectivity index (χ0v) is 30.1. The molecule has 0 unspecified atom stereocenters. The Morgan fingerprint density at radius 3 is 1.58 bits per heavy atom. The molecule has 0 aliphatic carbocycles. The molecule has 4 saturated heterocycles. The van der Waals surface area contributed by atoms with Gasteiger partial charge in [-0.2, -0.15) is 0 Å².